The lowest BCUT2D eigenvalue weighted by molar-refractivity contribution is -0.147. The monoisotopic (exact) mass is 347 g/mol. The second kappa shape index (κ2) is 7.35. The SMILES string of the molecule is C#CC(O)(C(=O)N1CCC(c2cccc(C)c2C)CC1)c1ccccc1. The molecule has 2 aromatic carbocycles. The zero-order chi connectivity index (χ0) is 18.7. The van der Waals surface area contributed by atoms with Crippen molar-refractivity contribution in [1.82, 2.24) is 4.90 Å². The van der Waals surface area contributed by atoms with Crippen LogP contribution in [-0.4, -0.2) is 29.0 Å². The molecular weight excluding hydrogens is 322 g/mol. The van der Waals surface area contributed by atoms with Crippen LogP contribution in [0.5, 0.6) is 0 Å². The van der Waals surface area contributed by atoms with Crippen molar-refractivity contribution >= 4 is 5.91 Å². The molecule has 2 aromatic rings. The van der Waals surface area contributed by atoms with E-state index in [1.54, 1.807) is 29.2 Å². The van der Waals surface area contributed by atoms with Crippen molar-refractivity contribution in [1.29, 1.82) is 0 Å². The number of carbonyl (C=O) groups is 1. The number of aliphatic hydroxyl groups is 1. The molecule has 1 atom stereocenters. The highest BCUT2D eigenvalue weighted by molar-refractivity contribution is 5.89. The van der Waals surface area contributed by atoms with Crippen molar-refractivity contribution in [2.45, 2.75) is 38.2 Å². The maximum atomic E-state index is 12.9. The smallest absolute Gasteiger partial charge is 0.272 e. The first-order valence-corrected chi connectivity index (χ1v) is 9.08. The fourth-order valence-corrected chi connectivity index (χ4v) is 3.79. The molecule has 1 heterocycles. The largest absolute Gasteiger partial charge is 0.366 e. The Kier molecular flexibility index (Phi) is 5.15. The molecule has 0 aliphatic carbocycles. The third-order valence-electron chi connectivity index (χ3n) is 5.58. The first-order valence-electron chi connectivity index (χ1n) is 9.08. The molecule has 0 spiro atoms. The Labute approximate surface area is 155 Å². The third-order valence-corrected chi connectivity index (χ3v) is 5.58. The lowest BCUT2D eigenvalue weighted by Gasteiger charge is -2.36. The number of carbonyl (C=O) groups excluding carboxylic acids is 1. The van der Waals surface area contributed by atoms with Gasteiger partial charge < -0.3 is 10.0 Å². The molecule has 3 heteroatoms. The van der Waals surface area contributed by atoms with Gasteiger partial charge in [0.1, 0.15) is 0 Å². The summed E-state index contributed by atoms with van der Waals surface area (Å²) < 4.78 is 0. The van der Waals surface area contributed by atoms with Crippen LogP contribution in [0.1, 0.15) is 41.0 Å². The Morgan fingerprint density at radius 1 is 1.12 bits per heavy atom. The summed E-state index contributed by atoms with van der Waals surface area (Å²) in [5.74, 6) is 2.36. The highest BCUT2D eigenvalue weighted by Crippen LogP contribution is 2.33. The highest BCUT2D eigenvalue weighted by Gasteiger charge is 2.40. The summed E-state index contributed by atoms with van der Waals surface area (Å²) >= 11 is 0. The number of hydrogen-bond donors (Lipinski definition) is 1. The molecule has 1 aliphatic rings. The fraction of sp³-hybridized carbons (Fsp3) is 0.348. The topological polar surface area (TPSA) is 40.5 Å². The van der Waals surface area contributed by atoms with Crippen LogP contribution in [0.15, 0.2) is 48.5 Å². The molecule has 1 amide bonds. The van der Waals surface area contributed by atoms with Gasteiger partial charge in [-0.25, -0.2) is 0 Å². The molecule has 3 rings (SSSR count). The van der Waals surface area contributed by atoms with Gasteiger partial charge >= 0.3 is 0 Å². The fourth-order valence-electron chi connectivity index (χ4n) is 3.79. The van der Waals surface area contributed by atoms with E-state index in [1.165, 1.54) is 16.7 Å². The average Bonchev–Trinajstić information content (AvgIpc) is 2.70. The average molecular weight is 347 g/mol. The van der Waals surface area contributed by atoms with E-state index in [2.05, 4.69) is 38.0 Å². The number of piperidine rings is 1. The van der Waals surface area contributed by atoms with E-state index in [-0.39, 0.29) is 0 Å². The van der Waals surface area contributed by atoms with Crippen LogP contribution < -0.4 is 0 Å². The number of hydrogen-bond acceptors (Lipinski definition) is 2. The van der Waals surface area contributed by atoms with Gasteiger partial charge in [-0.05, 0) is 49.3 Å². The van der Waals surface area contributed by atoms with E-state index in [0.29, 0.717) is 24.6 Å². The summed E-state index contributed by atoms with van der Waals surface area (Å²) in [6.45, 7) is 5.50. The summed E-state index contributed by atoms with van der Waals surface area (Å²) in [5, 5.41) is 10.8. The van der Waals surface area contributed by atoms with E-state index in [4.69, 9.17) is 6.42 Å². The maximum absolute atomic E-state index is 12.9. The quantitative estimate of drug-likeness (QED) is 0.863. The summed E-state index contributed by atoms with van der Waals surface area (Å²) in [6.07, 6.45) is 7.31. The maximum Gasteiger partial charge on any atom is 0.272 e. The molecule has 1 unspecified atom stereocenters. The molecule has 1 aliphatic heterocycles. The molecular formula is C23H25NO2. The number of aryl methyl sites for hydroxylation is 1. The summed E-state index contributed by atoms with van der Waals surface area (Å²) in [6, 6.07) is 15.2. The van der Waals surface area contributed by atoms with E-state index in [1.807, 2.05) is 6.07 Å². The minimum absolute atomic E-state index is 0.398. The number of terminal acetylenes is 1. The highest BCUT2D eigenvalue weighted by atomic mass is 16.3. The van der Waals surface area contributed by atoms with Crippen LogP contribution in [0.4, 0.5) is 0 Å². The van der Waals surface area contributed by atoms with Gasteiger partial charge in [0, 0.05) is 18.7 Å². The number of likely N-dealkylation sites (tertiary alicyclic amines) is 1. The number of amides is 1. The predicted molar refractivity (Wildman–Crippen MR) is 104 cm³/mol. The predicted octanol–water partition coefficient (Wildman–Crippen LogP) is 3.53. The molecule has 3 nitrogen and oxygen atoms in total. The van der Waals surface area contributed by atoms with Gasteiger partial charge in [0.2, 0.25) is 5.60 Å². The van der Waals surface area contributed by atoms with Crippen LogP contribution in [0.2, 0.25) is 0 Å². The lowest BCUT2D eigenvalue weighted by atomic mass is 9.84. The van der Waals surface area contributed by atoms with Crippen molar-refractivity contribution in [3.8, 4) is 12.3 Å². The van der Waals surface area contributed by atoms with E-state index in [9.17, 15) is 9.90 Å². The van der Waals surface area contributed by atoms with Gasteiger partial charge in [0.25, 0.3) is 5.91 Å². The van der Waals surface area contributed by atoms with Crippen LogP contribution >= 0.6 is 0 Å². The molecule has 1 N–H and O–H groups in total. The van der Waals surface area contributed by atoms with Crippen LogP contribution in [0, 0.1) is 26.2 Å². The van der Waals surface area contributed by atoms with Gasteiger partial charge in [0.05, 0.1) is 0 Å². The number of rotatable bonds is 3. The van der Waals surface area contributed by atoms with E-state index in [0.717, 1.165) is 12.8 Å². The molecule has 0 aromatic heterocycles. The van der Waals surface area contributed by atoms with Crippen LogP contribution in [0.3, 0.4) is 0 Å². The molecule has 0 radical (unpaired) electrons. The Balaban J connectivity index is 1.74. The Hall–Kier alpha value is -2.57. The second-order valence-electron chi connectivity index (χ2n) is 7.08. The summed E-state index contributed by atoms with van der Waals surface area (Å²) in [5.41, 5.74) is 2.55. The molecule has 0 bridgehead atoms. The van der Waals surface area contributed by atoms with Gasteiger partial charge in [-0.2, -0.15) is 0 Å². The standard InChI is InChI=1S/C23H25NO2/c1-4-23(26,20-10-6-5-7-11-20)22(25)24-15-13-19(14-16-24)21-12-8-9-17(2)18(21)3/h1,5-12,19,26H,13-16H2,2-3H3. The van der Waals surface area contributed by atoms with E-state index < -0.39 is 11.5 Å². The van der Waals surface area contributed by atoms with Gasteiger partial charge in [0.15, 0.2) is 0 Å². The molecule has 26 heavy (non-hydrogen) atoms. The first-order chi connectivity index (χ1) is 12.5. The zero-order valence-electron chi connectivity index (χ0n) is 15.4. The minimum atomic E-state index is -1.90. The van der Waals surface area contributed by atoms with Crippen molar-refractivity contribution in [3.63, 3.8) is 0 Å². The van der Waals surface area contributed by atoms with Gasteiger partial charge in [-0.1, -0.05) is 54.5 Å². The number of benzene rings is 2. The van der Waals surface area contributed by atoms with Crippen molar-refractivity contribution in [2.75, 3.05) is 13.1 Å². The summed E-state index contributed by atoms with van der Waals surface area (Å²) in [7, 11) is 0. The molecule has 1 fully saturated rings. The van der Waals surface area contributed by atoms with Crippen LogP contribution in [-0.2, 0) is 10.4 Å². The first kappa shape index (κ1) is 18.2. The Morgan fingerprint density at radius 3 is 2.38 bits per heavy atom. The van der Waals surface area contributed by atoms with Gasteiger partial charge in [-0.15, -0.1) is 6.42 Å². The Bertz CT molecular complexity index is 829. The van der Waals surface area contributed by atoms with Crippen molar-refractivity contribution < 1.29 is 9.90 Å². The molecule has 1 saturated heterocycles. The molecule has 0 saturated carbocycles. The summed E-state index contributed by atoms with van der Waals surface area (Å²) in [4.78, 5) is 14.7. The Morgan fingerprint density at radius 2 is 1.77 bits per heavy atom. The zero-order valence-corrected chi connectivity index (χ0v) is 15.4. The van der Waals surface area contributed by atoms with Crippen molar-refractivity contribution in [2.24, 2.45) is 0 Å². The second-order valence-corrected chi connectivity index (χ2v) is 7.08. The molecule has 134 valence electrons. The lowest BCUT2D eigenvalue weighted by Crippen LogP contribution is -2.49. The normalized spacial score (nSPS) is 17.4. The number of nitrogens with zero attached hydrogens (tertiary/aromatic N) is 1. The minimum Gasteiger partial charge on any atom is -0.366 e. The third kappa shape index (κ3) is 3.25. The van der Waals surface area contributed by atoms with Crippen LogP contribution in [0.25, 0.3) is 0 Å². The van der Waals surface area contributed by atoms with Crippen molar-refractivity contribution in [3.05, 3.63) is 70.8 Å². The van der Waals surface area contributed by atoms with Gasteiger partial charge in [-0.3, -0.25) is 4.79 Å². The van der Waals surface area contributed by atoms with E-state index >= 15 is 0 Å².